The van der Waals surface area contributed by atoms with Gasteiger partial charge in [0.2, 0.25) is 0 Å². The van der Waals surface area contributed by atoms with Gasteiger partial charge in [-0.2, -0.15) is 0 Å². The second kappa shape index (κ2) is 5.91. The van der Waals surface area contributed by atoms with Gasteiger partial charge in [-0.15, -0.1) is 13.2 Å². The van der Waals surface area contributed by atoms with Gasteiger partial charge < -0.3 is 9.47 Å². The maximum atomic E-state index is 12.2. The van der Waals surface area contributed by atoms with Gasteiger partial charge in [-0.3, -0.25) is 4.79 Å². The first-order chi connectivity index (χ1) is 8.98. The topological polar surface area (TPSA) is 35.5 Å². The van der Waals surface area contributed by atoms with Crippen molar-refractivity contribution in [1.29, 1.82) is 0 Å². The molecule has 0 saturated heterocycles. The normalized spacial score (nSPS) is 12.2. The molecule has 0 aliphatic rings. The summed E-state index contributed by atoms with van der Waals surface area (Å²) in [6.45, 7) is 5.07. The van der Waals surface area contributed by atoms with Crippen molar-refractivity contribution in [1.82, 2.24) is 0 Å². The standard InChI is InChI=1S/C13H14ClF3O3/c1-12(2,3)20-10(18)7-8-5-4-6-9(11(8)14)19-13(15,16)17/h4-6H,7H2,1-3H3. The summed E-state index contributed by atoms with van der Waals surface area (Å²) in [5.41, 5.74) is -0.466. The number of esters is 1. The molecule has 0 amide bonds. The van der Waals surface area contributed by atoms with E-state index in [0.29, 0.717) is 0 Å². The van der Waals surface area contributed by atoms with Gasteiger partial charge in [0.15, 0.2) is 0 Å². The van der Waals surface area contributed by atoms with Crippen LogP contribution in [0, 0.1) is 0 Å². The van der Waals surface area contributed by atoms with Gasteiger partial charge in [-0.1, -0.05) is 23.7 Å². The predicted molar refractivity (Wildman–Crippen MR) is 67.7 cm³/mol. The van der Waals surface area contributed by atoms with E-state index in [1.807, 2.05) is 0 Å². The Hall–Kier alpha value is -1.43. The predicted octanol–water partition coefficient (Wildman–Crippen LogP) is 4.12. The number of hydrogen-bond donors (Lipinski definition) is 0. The van der Waals surface area contributed by atoms with Gasteiger partial charge in [0.1, 0.15) is 11.4 Å². The summed E-state index contributed by atoms with van der Waals surface area (Å²) in [7, 11) is 0. The molecule has 0 fully saturated rings. The molecule has 1 rings (SSSR count). The molecule has 0 N–H and O–H groups in total. The molecular formula is C13H14ClF3O3. The minimum atomic E-state index is -4.84. The summed E-state index contributed by atoms with van der Waals surface area (Å²) in [5, 5.41) is -0.254. The summed E-state index contributed by atoms with van der Waals surface area (Å²) in [6.07, 6.45) is -5.07. The molecule has 7 heteroatoms. The molecule has 3 nitrogen and oxygen atoms in total. The van der Waals surface area contributed by atoms with Crippen LogP contribution in [0.4, 0.5) is 13.2 Å². The maximum absolute atomic E-state index is 12.2. The van der Waals surface area contributed by atoms with Gasteiger partial charge >= 0.3 is 12.3 Å². The summed E-state index contributed by atoms with van der Waals surface area (Å²) >= 11 is 5.80. The largest absolute Gasteiger partial charge is 0.573 e. The van der Waals surface area contributed by atoms with Crippen molar-refractivity contribution >= 4 is 17.6 Å². The van der Waals surface area contributed by atoms with Crippen molar-refractivity contribution in [2.24, 2.45) is 0 Å². The van der Waals surface area contributed by atoms with Crippen molar-refractivity contribution in [3.8, 4) is 5.75 Å². The Balaban J connectivity index is 2.87. The van der Waals surface area contributed by atoms with Crippen LogP contribution in [-0.4, -0.2) is 17.9 Å². The fraction of sp³-hybridized carbons (Fsp3) is 0.462. The smallest absolute Gasteiger partial charge is 0.460 e. The molecule has 20 heavy (non-hydrogen) atoms. The van der Waals surface area contributed by atoms with E-state index in [2.05, 4.69) is 4.74 Å². The van der Waals surface area contributed by atoms with Gasteiger partial charge in [-0.25, -0.2) is 0 Å². The molecule has 1 aromatic carbocycles. The fourth-order valence-electron chi connectivity index (χ4n) is 1.43. The monoisotopic (exact) mass is 310 g/mol. The zero-order chi connectivity index (χ0) is 15.6. The molecule has 0 aliphatic heterocycles. The highest BCUT2D eigenvalue weighted by Crippen LogP contribution is 2.33. The van der Waals surface area contributed by atoms with Crippen molar-refractivity contribution < 1.29 is 27.4 Å². The zero-order valence-electron chi connectivity index (χ0n) is 11.2. The number of carbonyl (C=O) groups is 1. The molecule has 0 atom stereocenters. The molecule has 0 unspecified atom stereocenters. The minimum absolute atomic E-state index is 0.211. The first kappa shape index (κ1) is 16.6. The maximum Gasteiger partial charge on any atom is 0.573 e. The Morgan fingerprint density at radius 3 is 2.35 bits per heavy atom. The van der Waals surface area contributed by atoms with E-state index >= 15 is 0 Å². The van der Waals surface area contributed by atoms with E-state index in [1.54, 1.807) is 20.8 Å². The van der Waals surface area contributed by atoms with E-state index in [1.165, 1.54) is 12.1 Å². The number of carbonyl (C=O) groups excluding carboxylic acids is 1. The van der Waals surface area contributed by atoms with Gasteiger partial charge in [0, 0.05) is 0 Å². The van der Waals surface area contributed by atoms with Crippen LogP contribution in [0.1, 0.15) is 26.3 Å². The molecule has 0 aromatic heterocycles. The zero-order valence-corrected chi connectivity index (χ0v) is 11.9. The van der Waals surface area contributed by atoms with Crippen molar-refractivity contribution in [3.05, 3.63) is 28.8 Å². The molecule has 0 heterocycles. The Morgan fingerprint density at radius 1 is 1.25 bits per heavy atom. The van der Waals surface area contributed by atoms with E-state index < -0.39 is 23.7 Å². The quantitative estimate of drug-likeness (QED) is 0.788. The highest BCUT2D eigenvalue weighted by Gasteiger charge is 2.32. The Morgan fingerprint density at radius 2 is 1.85 bits per heavy atom. The highest BCUT2D eigenvalue weighted by molar-refractivity contribution is 6.33. The van der Waals surface area contributed by atoms with Crippen LogP contribution in [0.25, 0.3) is 0 Å². The van der Waals surface area contributed by atoms with Crippen molar-refractivity contribution in [2.45, 2.75) is 39.2 Å². The van der Waals surface area contributed by atoms with Crippen LogP contribution in [0.5, 0.6) is 5.75 Å². The average molecular weight is 311 g/mol. The molecule has 1 aromatic rings. The van der Waals surface area contributed by atoms with Crippen LogP contribution in [-0.2, 0) is 16.0 Å². The molecule has 0 aliphatic carbocycles. The van der Waals surface area contributed by atoms with Crippen LogP contribution >= 0.6 is 11.6 Å². The van der Waals surface area contributed by atoms with Gasteiger partial charge in [-0.05, 0) is 32.4 Å². The first-order valence-electron chi connectivity index (χ1n) is 5.73. The third kappa shape index (κ3) is 5.69. The second-order valence-corrected chi connectivity index (χ2v) is 5.42. The van der Waals surface area contributed by atoms with Crippen molar-refractivity contribution in [2.75, 3.05) is 0 Å². The van der Waals surface area contributed by atoms with Gasteiger partial charge in [0.25, 0.3) is 0 Å². The summed E-state index contributed by atoms with van der Waals surface area (Å²) in [4.78, 5) is 11.6. The molecule has 0 saturated carbocycles. The number of benzene rings is 1. The SMILES string of the molecule is CC(C)(C)OC(=O)Cc1cccc(OC(F)(F)F)c1Cl. The summed E-state index contributed by atoms with van der Waals surface area (Å²) in [5.74, 6) is -1.12. The lowest BCUT2D eigenvalue weighted by Crippen LogP contribution is -2.25. The van der Waals surface area contributed by atoms with Crippen molar-refractivity contribution in [3.63, 3.8) is 0 Å². The average Bonchev–Trinajstić information content (AvgIpc) is 2.19. The summed E-state index contributed by atoms with van der Waals surface area (Å²) < 4.78 is 45.3. The molecule has 0 radical (unpaired) electrons. The third-order valence-corrected chi connectivity index (χ3v) is 2.45. The number of ether oxygens (including phenoxy) is 2. The lowest BCUT2D eigenvalue weighted by molar-refractivity contribution is -0.274. The van der Waals surface area contributed by atoms with Crippen LogP contribution in [0.3, 0.4) is 0 Å². The third-order valence-electron chi connectivity index (χ3n) is 2.02. The number of alkyl halides is 3. The van der Waals surface area contributed by atoms with Crippen LogP contribution in [0.2, 0.25) is 5.02 Å². The first-order valence-corrected chi connectivity index (χ1v) is 6.11. The Kier molecular flexibility index (Phi) is 4.91. The Bertz CT molecular complexity index is 493. The van der Waals surface area contributed by atoms with E-state index in [4.69, 9.17) is 16.3 Å². The minimum Gasteiger partial charge on any atom is -0.460 e. The Labute approximate surface area is 119 Å². The van der Waals surface area contributed by atoms with E-state index in [0.717, 1.165) is 6.07 Å². The van der Waals surface area contributed by atoms with E-state index in [9.17, 15) is 18.0 Å². The summed E-state index contributed by atoms with van der Waals surface area (Å²) in [6, 6.07) is 3.84. The number of rotatable bonds is 3. The second-order valence-electron chi connectivity index (χ2n) is 5.04. The fourth-order valence-corrected chi connectivity index (χ4v) is 1.66. The van der Waals surface area contributed by atoms with Crippen LogP contribution < -0.4 is 4.74 Å². The molecule has 112 valence electrons. The lowest BCUT2D eigenvalue weighted by Gasteiger charge is -2.20. The molecule has 0 bridgehead atoms. The number of halogens is 4. The van der Waals surface area contributed by atoms with E-state index in [-0.39, 0.29) is 17.0 Å². The molecule has 0 spiro atoms. The highest BCUT2D eigenvalue weighted by atomic mass is 35.5. The lowest BCUT2D eigenvalue weighted by atomic mass is 10.1. The van der Waals surface area contributed by atoms with Crippen LogP contribution in [0.15, 0.2) is 18.2 Å². The van der Waals surface area contributed by atoms with Gasteiger partial charge in [0.05, 0.1) is 11.4 Å². The number of hydrogen-bond acceptors (Lipinski definition) is 3. The molecular weight excluding hydrogens is 297 g/mol.